The topological polar surface area (TPSA) is 65.8 Å². The van der Waals surface area contributed by atoms with Crippen molar-refractivity contribution in [2.24, 2.45) is 0 Å². The number of ether oxygens (including phenoxy) is 1. The van der Waals surface area contributed by atoms with Gasteiger partial charge in [0.25, 0.3) is 0 Å². The summed E-state index contributed by atoms with van der Waals surface area (Å²) in [5.74, 6) is 0.759. The average Bonchev–Trinajstić information content (AvgIpc) is 2.34. The van der Waals surface area contributed by atoms with Crippen LogP contribution in [0.5, 0.6) is 0 Å². The molecule has 1 atom stereocenters. The standard InChI is InChI=1S/C12H20N2O3/c1-10(16)11-4-3-5-13-12(11)14(2)6-8-17-9-7-15/h3-5,10,15-16H,6-9H2,1-2H3/t10-/m1/s1. The van der Waals surface area contributed by atoms with Crippen molar-refractivity contribution in [1.29, 1.82) is 0 Å². The molecule has 0 saturated heterocycles. The second kappa shape index (κ2) is 7.21. The SMILES string of the molecule is C[C@@H](O)c1cccnc1N(C)CCOCCO. The van der Waals surface area contributed by atoms with Gasteiger partial charge in [-0.1, -0.05) is 6.07 Å². The molecule has 0 amide bonds. The molecule has 96 valence electrons. The molecule has 1 heterocycles. The number of hydrogen-bond donors (Lipinski definition) is 2. The molecule has 5 nitrogen and oxygen atoms in total. The summed E-state index contributed by atoms with van der Waals surface area (Å²) in [5, 5.41) is 18.2. The number of aliphatic hydroxyl groups is 2. The molecule has 0 bridgehead atoms. The average molecular weight is 240 g/mol. The first-order valence-corrected chi connectivity index (χ1v) is 5.69. The second-order valence-electron chi connectivity index (χ2n) is 3.85. The van der Waals surface area contributed by atoms with Crippen LogP contribution in [0.1, 0.15) is 18.6 Å². The van der Waals surface area contributed by atoms with Gasteiger partial charge in [0, 0.05) is 25.4 Å². The van der Waals surface area contributed by atoms with Crippen LogP contribution in [0.3, 0.4) is 0 Å². The lowest BCUT2D eigenvalue weighted by atomic mass is 10.1. The molecular weight excluding hydrogens is 220 g/mol. The van der Waals surface area contributed by atoms with Gasteiger partial charge in [-0.15, -0.1) is 0 Å². The van der Waals surface area contributed by atoms with E-state index < -0.39 is 6.10 Å². The van der Waals surface area contributed by atoms with Crippen molar-refractivity contribution in [2.45, 2.75) is 13.0 Å². The van der Waals surface area contributed by atoms with Gasteiger partial charge < -0.3 is 19.8 Å². The fourth-order valence-electron chi connectivity index (χ4n) is 1.53. The van der Waals surface area contributed by atoms with Gasteiger partial charge in [-0.25, -0.2) is 4.98 Å². The zero-order chi connectivity index (χ0) is 12.7. The van der Waals surface area contributed by atoms with Crippen LogP contribution in [0, 0.1) is 0 Å². The maximum atomic E-state index is 9.63. The summed E-state index contributed by atoms with van der Waals surface area (Å²) in [6.07, 6.45) is 1.16. The molecule has 0 saturated carbocycles. The van der Waals surface area contributed by atoms with E-state index in [9.17, 15) is 5.11 Å². The summed E-state index contributed by atoms with van der Waals surface area (Å²) in [6, 6.07) is 3.67. The molecule has 0 aromatic carbocycles. The lowest BCUT2D eigenvalue weighted by molar-refractivity contribution is 0.0970. The van der Waals surface area contributed by atoms with Crippen LogP contribution in [0.15, 0.2) is 18.3 Å². The third kappa shape index (κ3) is 4.30. The van der Waals surface area contributed by atoms with E-state index in [4.69, 9.17) is 9.84 Å². The maximum absolute atomic E-state index is 9.63. The van der Waals surface area contributed by atoms with Crippen LogP contribution in [0.2, 0.25) is 0 Å². The van der Waals surface area contributed by atoms with Gasteiger partial charge in [0.1, 0.15) is 5.82 Å². The lowest BCUT2D eigenvalue weighted by Gasteiger charge is -2.21. The number of nitrogens with zero attached hydrogens (tertiary/aromatic N) is 2. The molecule has 1 aromatic heterocycles. The molecule has 17 heavy (non-hydrogen) atoms. The normalized spacial score (nSPS) is 12.5. The van der Waals surface area contributed by atoms with Gasteiger partial charge in [-0.05, 0) is 13.0 Å². The van der Waals surface area contributed by atoms with Gasteiger partial charge in [-0.3, -0.25) is 0 Å². The third-order valence-electron chi connectivity index (χ3n) is 2.44. The summed E-state index contributed by atoms with van der Waals surface area (Å²) in [6.45, 7) is 3.28. The fraction of sp³-hybridized carbons (Fsp3) is 0.583. The summed E-state index contributed by atoms with van der Waals surface area (Å²) in [4.78, 5) is 6.19. The van der Waals surface area contributed by atoms with E-state index in [1.54, 1.807) is 13.1 Å². The highest BCUT2D eigenvalue weighted by molar-refractivity contribution is 5.46. The van der Waals surface area contributed by atoms with Crippen molar-refractivity contribution >= 4 is 5.82 Å². The van der Waals surface area contributed by atoms with Gasteiger partial charge in [-0.2, -0.15) is 0 Å². The van der Waals surface area contributed by atoms with Crippen LogP contribution in [-0.4, -0.2) is 48.6 Å². The van der Waals surface area contributed by atoms with Gasteiger partial charge in [0.05, 0.1) is 25.9 Å². The Bertz CT molecular complexity index is 331. The van der Waals surface area contributed by atoms with Crippen molar-refractivity contribution < 1.29 is 14.9 Å². The first-order valence-electron chi connectivity index (χ1n) is 5.69. The minimum Gasteiger partial charge on any atom is -0.394 e. The minimum absolute atomic E-state index is 0.0340. The Morgan fingerprint density at radius 2 is 2.24 bits per heavy atom. The zero-order valence-electron chi connectivity index (χ0n) is 10.3. The second-order valence-corrected chi connectivity index (χ2v) is 3.85. The van der Waals surface area contributed by atoms with E-state index in [-0.39, 0.29) is 6.61 Å². The molecule has 0 aliphatic carbocycles. The van der Waals surface area contributed by atoms with Crippen molar-refractivity contribution in [3.63, 3.8) is 0 Å². The molecular formula is C12H20N2O3. The summed E-state index contributed by atoms with van der Waals surface area (Å²) >= 11 is 0. The highest BCUT2D eigenvalue weighted by atomic mass is 16.5. The van der Waals surface area contributed by atoms with Crippen molar-refractivity contribution in [2.75, 3.05) is 38.3 Å². The fourth-order valence-corrected chi connectivity index (χ4v) is 1.53. The third-order valence-corrected chi connectivity index (χ3v) is 2.44. The number of rotatable bonds is 7. The molecule has 2 N–H and O–H groups in total. The van der Waals surface area contributed by atoms with E-state index in [2.05, 4.69) is 4.98 Å². The van der Waals surface area contributed by atoms with Gasteiger partial charge >= 0.3 is 0 Å². The predicted octanol–water partition coefficient (Wildman–Crippen LogP) is 0.580. The van der Waals surface area contributed by atoms with E-state index in [0.717, 1.165) is 11.4 Å². The lowest BCUT2D eigenvalue weighted by Crippen LogP contribution is -2.25. The number of pyridine rings is 1. The van der Waals surface area contributed by atoms with Crippen molar-refractivity contribution in [3.05, 3.63) is 23.9 Å². The monoisotopic (exact) mass is 240 g/mol. The quantitative estimate of drug-likeness (QED) is 0.682. The number of anilines is 1. The Balaban J connectivity index is 2.58. The Morgan fingerprint density at radius 3 is 2.88 bits per heavy atom. The first-order chi connectivity index (χ1) is 8.16. The van der Waals surface area contributed by atoms with Gasteiger partial charge in [0.2, 0.25) is 0 Å². The molecule has 1 aromatic rings. The van der Waals surface area contributed by atoms with Crippen molar-refractivity contribution in [3.8, 4) is 0 Å². The van der Waals surface area contributed by atoms with Crippen LogP contribution < -0.4 is 4.90 Å². The minimum atomic E-state index is -0.542. The molecule has 1 rings (SSSR count). The Kier molecular flexibility index (Phi) is 5.90. The molecule has 5 heteroatoms. The summed E-state index contributed by atoms with van der Waals surface area (Å²) in [5.41, 5.74) is 0.803. The van der Waals surface area contributed by atoms with Gasteiger partial charge in [0.15, 0.2) is 0 Å². The molecule has 0 radical (unpaired) electrons. The highest BCUT2D eigenvalue weighted by Crippen LogP contribution is 2.22. The summed E-state index contributed by atoms with van der Waals surface area (Å²) < 4.78 is 5.19. The molecule has 0 aliphatic rings. The van der Waals surface area contributed by atoms with E-state index in [0.29, 0.717) is 19.8 Å². The van der Waals surface area contributed by atoms with Crippen molar-refractivity contribution in [1.82, 2.24) is 4.98 Å². The number of aromatic nitrogens is 1. The number of aliphatic hydroxyl groups excluding tert-OH is 2. The van der Waals surface area contributed by atoms with Crippen LogP contribution in [0.4, 0.5) is 5.82 Å². The maximum Gasteiger partial charge on any atom is 0.134 e. The molecule has 0 fully saturated rings. The summed E-state index contributed by atoms with van der Waals surface area (Å²) in [7, 11) is 1.90. The largest absolute Gasteiger partial charge is 0.394 e. The Hall–Kier alpha value is -1.17. The van der Waals surface area contributed by atoms with E-state index in [1.165, 1.54) is 0 Å². The predicted molar refractivity (Wildman–Crippen MR) is 66.0 cm³/mol. The Labute approximate surface area is 102 Å². The number of hydrogen-bond acceptors (Lipinski definition) is 5. The van der Waals surface area contributed by atoms with E-state index >= 15 is 0 Å². The van der Waals surface area contributed by atoms with Crippen LogP contribution >= 0.6 is 0 Å². The molecule has 0 spiro atoms. The van der Waals surface area contributed by atoms with E-state index in [1.807, 2.05) is 24.1 Å². The Morgan fingerprint density at radius 1 is 1.47 bits per heavy atom. The zero-order valence-corrected chi connectivity index (χ0v) is 10.3. The first kappa shape index (κ1) is 13.9. The highest BCUT2D eigenvalue weighted by Gasteiger charge is 2.11. The van der Waals surface area contributed by atoms with Crippen LogP contribution in [0.25, 0.3) is 0 Å². The molecule has 0 aliphatic heterocycles. The van der Waals surface area contributed by atoms with Crippen LogP contribution in [-0.2, 0) is 4.74 Å². The molecule has 0 unspecified atom stereocenters. The smallest absolute Gasteiger partial charge is 0.134 e. The number of likely N-dealkylation sites (N-methyl/N-ethyl adjacent to an activating group) is 1.